The van der Waals surface area contributed by atoms with Crippen LogP contribution in [0.2, 0.25) is 0 Å². The predicted octanol–water partition coefficient (Wildman–Crippen LogP) is 5.34. The molecule has 1 aliphatic rings. The molecule has 1 aromatic carbocycles. The lowest BCUT2D eigenvalue weighted by Gasteiger charge is -2.24. The summed E-state index contributed by atoms with van der Waals surface area (Å²) in [5.41, 5.74) is 3.46. The molecule has 1 aromatic rings. The van der Waals surface area contributed by atoms with Crippen molar-refractivity contribution in [3.05, 3.63) is 65.7 Å². The van der Waals surface area contributed by atoms with Gasteiger partial charge >= 0.3 is 0 Å². The highest BCUT2D eigenvalue weighted by Gasteiger charge is 2.25. The summed E-state index contributed by atoms with van der Waals surface area (Å²) in [5.74, 6) is -0.591. The normalized spacial score (nSPS) is 17.3. The molecular weight excluding hydrogens is 289 g/mol. The Morgan fingerprint density at radius 2 is 2.00 bits per heavy atom. The molecule has 0 radical (unpaired) electrons. The van der Waals surface area contributed by atoms with E-state index in [0.717, 1.165) is 12.1 Å². The van der Waals surface area contributed by atoms with Gasteiger partial charge in [0.05, 0.1) is 0 Å². The van der Waals surface area contributed by atoms with E-state index < -0.39 is 0 Å². The van der Waals surface area contributed by atoms with E-state index in [4.69, 9.17) is 0 Å². The van der Waals surface area contributed by atoms with Crippen LogP contribution < -0.4 is 5.32 Å². The molecule has 1 unspecified atom stereocenters. The molecule has 122 valence electrons. The molecule has 2 rings (SSSR count). The topological polar surface area (TPSA) is 29.1 Å². The highest BCUT2D eigenvalue weighted by Crippen LogP contribution is 2.32. The summed E-state index contributed by atoms with van der Waals surface area (Å²) in [6.45, 7) is 7.70. The number of unbranched alkanes of at least 4 members (excludes halogenated alkanes) is 1. The number of halogens is 1. The van der Waals surface area contributed by atoms with Gasteiger partial charge in [0, 0.05) is 29.3 Å². The molecule has 0 heterocycles. The SMILES string of the molecule is C=C(Nc1ccc(CCCC)cc1)C1CC(F)=CC=C1C(C)=O. The van der Waals surface area contributed by atoms with Crippen LogP contribution in [0.1, 0.15) is 38.7 Å². The highest BCUT2D eigenvalue weighted by atomic mass is 19.1. The molecule has 0 bridgehead atoms. The van der Waals surface area contributed by atoms with E-state index in [2.05, 4.69) is 31.0 Å². The molecule has 0 saturated heterocycles. The lowest BCUT2D eigenvalue weighted by atomic mass is 9.86. The third-order valence-corrected chi connectivity index (χ3v) is 4.12. The van der Waals surface area contributed by atoms with Gasteiger partial charge in [-0.1, -0.05) is 38.1 Å². The van der Waals surface area contributed by atoms with Gasteiger partial charge in [-0.25, -0.2) is 4.39 Å². The third kappa shape index (κ3) is 4.65. The van der Waals surface area contributed by atoms with E-state index in [1.165, 1.54) is 31.4 Å². The van der Waals surface area contributed by atoms with Crippen LogP contribution in [0.25, 0.3) is 0 Å². The van der Waals surface area contributed by atoms with E-state index in [1.54, 1.807) is 6.08 Å². The molecule has 0 spiro atoms. The zero-order chi connectivity index (χ0) is 16.8. The maximum Gasteiger partial charge on any atom is 0.156 e. The second-order valence-electron chi connectivity index (χ2n) is 6.00. The van der Waals surface area contributed by atoms with Crippen LogP contribution >= 0.6 is 0 Å². The Kier molecular flexibility index (Phi) is 5.91. The molecule has 1 aliphatic carbocycles. The first-order chi connectivity index (χ1) is 11.0. The average Bonchev–Trinajstić information content (AvgIpc) is 2.53. The number of Topliss-reactive ketones (excluding diaryl/α,β-unsaturated/α-hetero) is 1. The Morgan fingerprint density at radius 3 is 2.61 bits per heavy atom. The van der Waals surface area contributed by atoms with Crippen molar-refractivity contribution in [3.8, 4) is 0 Å². The zero-order valence-electron chi connectivity index (χ0n) is 13.9. The fourth-order valence-electron chi connectivity index (χ4n) is 2.75. The first-order valence-corrected chi connectivity index (χ1v) is 8.13. The standard InChI is InChI=1S/C20H24FNO/c1-4-5-6-16-7-10-18(11-8-16)22-14(2)20-13-17(21)9-12-19(20)15(3)23/h7-12,20,22H,2,4-6,13H2,1,3H3. The van der Waals surface area contributed by atoms with Crippen LogP contribution in [-0.4, -0.2) is 5.78 Å². The number of ketones is 1. The van der Waals surface area contributed by atoms with Gasteiger partial charge in [-0.15, -0.1) is 0 Å². The van der Waals surface area contributed by atoms with E-state index in [-0.39, 0.29) is 23.9 Å². The zero-order valence-corrected chi connectivity index (χ0v) is 13.9. The van der Waals surface area contributed by atoms with Crippen LogP contribution in [0.15, 0.2) is 60.1 Å². The average molecular weight is 313 g/mol. The van der Waals surface area contributed by atoms with Crippen LogP contribution in [-0.2, 0) is 11.2 Å². The summed E-state index contributed by atoms with van der Waals surface area (Å²) >= 11 is 0. The van der Waals surface area contributed by atoms with Crippen molar-refractivity contribution < 1.29 is 9.18 Å². The lowest BCUT2D eigenvalue weighted by molar-refractivity contribution is -0.114. The van der Waals surface area contributed by atoms with Gasteiger partial charge in [-0.3, -0.25) is 4.79 Å². The van der Waals surface area contributed by atoms with Crippen molar-refractivity contribution >= 4 is 11.5 Å². The quantitative estimate of drug-likeness (QED) is 0.736. The van der Waals surface area contributed by atoms with Gasteiger partial charge in [-0.2, -0.15) is 0 Å². The second-order valence-corrected chi connectivity index (χ2v) is 6.00. The first kappa shape index (κ1) is 17.2. The molecule has 0 amide bonds. The molecule has 1 atom stereocenters. The monoisotopic (exact) mass is 313 g/mol. The Labute approximate surface area is 137 Å². The summed E-state index contributed by atoms with van der Waals surface area (Å²) < 4.78 is 13.6. The number of hydrogen-bond donors (Lipinski definition) is 1. The molecule has 0 fully saturated rings. The van der Waals surface area contributed by atoms with Gasteiger partial charge in [0.1, 0.15) is 5.83 Å². The minimum Gasteiger partial charge on any atom is -0.359 e. The van der Waals surface area contributed by atoms with Crippen LogP contribution in [0.4, 0.5) is 10.1 Å². The fourth-order valence-corrected chi connectivity index (χ4v) is 2.75. The van der Waals surface area contributed by atoms with Crippen molar-refractivity contribution in [3.63, 3.8) is 0 Å². The second kappa shape index (κ2) is 7.91. The van der Waals surface area contributed by atoms with E-state index in [0.29, 0.717) is 11.3 Å². The number of rotatable bonds is 7. The highest BCUT2D eigenvalue weighted by molar-refractivity contribution is 5.95. The Bertz CT molecular complexity index is 640. The van der Waals surface area contributed by atoms with Crippen LogP contribution in [0, 0.1) is 5.92 Å². The number of aryl methyl sites for hydroxylation is 1. The molecule has 23 heavy (non-hydrogen) atoms. The maximum atomic E-state index is 13.6. The van der Waals surface area contributed by atoms with Crippen molar-refractivity contribution in [2.45, 2.75) is 39.5 Å². The minimum absolute atomic E-state index is 0.0448. The molecule has 3 heteroatoms. The van der Waals surface area contributed by atoms with Gasteiger partial charge in [-0.05, 0) is 43.5 Å². The molecule has 0 saturated carbocycles. The lowest BCUT2D eigenvalue weighted by Crippen LogP contribution is -2.19. The molecule has 0 aliphatic heterocycles. The molecular formula is C20H24FNO. The minimum atomic E-state index is -0.322. The van der Waals surface area contributed by atoms with E-state index in [1.807, 2.05) is 12.1 Å². The summed E-state index contributed by atoms with van der Waals surface area (Å²) in [5, 5.41) is 3.22. The Balaban J connectivity index is 2.05. The summed E-state index contributed by atoms with van der Waals surface area (Å²) in [4.78, 5) is 11.7. The number of allylic oxidation sites excluding steroid dienone is 4. The number of carbonyl (C=O) groups is 1. The number of nitrogens with one attached hydrogen (secondary N) is 1. The van der Waals surface area contributed by atoms with Gasteiger partial charge < -0.3 is 5.32 Å². The molecule has 1 N–H and O–H groups in total. The largest absolute Gasteiger partial charge is 0.359 e. The van der Waals surface area contributed by atoms with Crippen LogP contribution in [0.3, 0.4) is 0 Å². The summed E-state index contributed by atoms with van der Waals surface area (Å²) in [6, 6.07) is 8.19. The van der Waals surface area contributed by atoms with E-state index in [9.17, 15) is 9.18 Å². The van der Waals surface area contributed by atoms with Gasteiger partial charge in [0.15, 0.2) is 5.78 Å². The third-order valence-electron chi connectivity index (χ3n) is 4.12. The number of carbonyl (C=O) groups excluding carboxylic acids is 1. The van der Waals surface area contributed by atoms with Crippen molar-refractivity contribution in [1.82, 2.24) is 0 Å². The van der Waals surface area contributed by atoms with E-state index >= 15 is 0 Å². The van der Waals surface area contributed by atoms with Crippen molar-refractivity contribution in [2.24, 2.45) is 5.92 Å². The van der Waals surface area contributed by atoms with Gasteiger partial charge in [0.2, 0.25) is 0 Å². The van der Waals surface area contributed by atoms with Crippen molar-refractivity contribution in [1.29, 1.82) is 0 Å². The molecule has 2 nitrogen and oxygen atoms in total. The molecule has 0 aromatic heterocycles. The van der Waals surface area contributed by atoms with Crippen LogP contribution in [0.5, 0.6) is 0 Å². The van der Waals surface area contributed by atoms with Gasteiger partial charge in [0.25, 0.3) is 0 Å². The number of hydrogen-bond acceptors (Lipinski definition) is 2. The van der Waals surface area contributed by atoms with Crippen molar-refractivity contribution in [2.75, 3.05) is 5.32 Å². The summed E-state index contributed by atoms with van der Waals surface area (Å²) in [6.07, 6.45) is 6.55. The first-order valence-electron chi connectivity index (χ1n) is 8.13. The predicted molar refractivity (Wildman–Crippen MR) is 93.9 cm³/mol. The Hall–Kier alpha value is -2.16. The number of benzene rings is 1. The maximum absolute atomic E-state index is 13.6. The fraction of sp³-hybridized carbons (Fsp3) is 0.350. The number of anilines is 1. The smallest absolute Gasteiger partial charge is 0.156 e. The summed E-state index contributed by atoms with van der Waals surface area (Å²) in [7, 11) is 0. The Morgan fingerprint density at radius 1 is 1.30 bits per heavy atom.